The highest BCUT2D eigenvalue weighted by atomic mass is 35.5. The first-order valence-electron chi connectivity index (χ1n) is 6.83. The largest absolute Gasteiger partial charge is 0.481 e. The van der Waals surface area contributed by atoms with Crippen LogP contribution >= 0.6 is 11.6 Å². The Morgan fingerprint density at radius 2 is 2.05 bits per heavy atom. The first kappa shape index (κ1) is 16.0. The summed E-state index contributed by atoms with van der Waals surface area (Å²) in [6, 6.07) is 14.0. The molecular formula is C17H16ClNO3. The minimum Gasteiger partial charge on any atom is -0.481 e. The summed E-state index contributed by atoms with van der Waals surface area (Å²) in [5.41, 5.74) is 1.34. The van der Waals surface area contributed by atoms with Crippen molar-refractivity contribution in [3.63, 3.8) is 0 Å². The number of benzene rings is 2. The molecule has 4 nitrogen and oxygen atoms in total. The van der Waals surface area contributed by atoms with E-state index in [1.54, 1.807) is 37.3 Å². The van der Waals surface area contributed by atoms with Gasteiger partial charge in [0, 0.05) is 17.1 Å². The molecule has 114 valence electrons. The second kappa shape index (κ2) is 7.61. The molecule has 0 fully saturated rings. The van der Waals surface area contributed by atoms with E-state index in [0.29, 0.717) is 22.9 Å². The van der Waals surface area contributed by atoms with Crippen LogP contribution in [0.1, 0.15) is 22.8 Å². The van der Waals surface area contributed by atoms with Gasteiger partial charge in [0.2, 0.25) is 0 Å². The number of carbonyl (C=O) groups is 2. The third kappa shape index (κ3) is 4.33. The second-order valence-corrected chi connectivity index (χ2v) is 5.17. The normalized spacial score (nSPS) is 11.5. The topological polar surface area (TPSA) is 55.4 Å². The van der Waals surface area contributed by atoms with Crippen LogP contribution in [-0.2, 0) is 11.3 Å². The average Bonchev–Trinajstić information content (AvgIpc) is 2.54. The Balaban J connectivity index is 1.92. The van der Waals surface area contributed by atoms with Crippen LogP contribution in [0.15, 0.2) is 48.5 Å². The average molecular weight is 318 g/mol. The van der Waals surface area contributed by atoms with Crippen molar-refractivity contribution in [2.75, 3.05) is 0 Å². The quantitative estimate of drug-likeness (QED) is 0.832. The summed E-state index contributed by atoms with van der Waals surface area (Å²) in [6.45, 7) is 1.98. The second-order valence-electron chi connectivity index (χ2n) is 4.76. The molecule has 0 saturated carbocycles. The van der Waals surface area contributed by atoms with Gasteiger partial charge in [0.1, 0.15) is 12.0 Å². The highest BCUT2D eigenvalue weighted by Gasteiger charge is 2.14. The Morgan fingerprint density at radius 3 is 2.77 bits per heavy atom. The van der Waals surface area contributed by atoms with E-state index in [4.69, 9.17) is 16.3 Å². The molecule has 1 unspecified atom stereocenters. The zero-order chi connectivity index (χ0) is 15.9. The van der Waals surface area contributed by atoms with Crippen LogP contribution in [0, 0.1) is 0 Å². The van der Waals surface area contributed by atoms with E-state index in [1.165, 1.54) is 0 Å². The van der Waals surface area contributed by atoms with Crippen LogP contribution in [0.5, 0.6) is 5.75 Å². The summed E-state index contributed by atoms with van der Waals surface area (Å²) < 4.78 is 5.53. The van der Waals surface area contributed by atoms with Crippen molar-refractivity contribution in [3.8, 4) is 5.75 Å². The summed E-state index contributed by atoms with van der Waals surface area (Å²) in [5, 5.41) is 3.38. The van der Waals surface area contributed by atoms with E-state index >= 15 is 0 Å². The molecule has 1 N–H and O–H groups in total. The van der Waals surface area contributed by atoms with Gasteiger partial charge in [-0.25, -0.2) is 0 Å². The minimum atomic E-state index is -0.676. The summed E-state index contributed by atoms with van der Waals surface area (Å²) in [6.07, 6.45) is 0.0547. The van der Waals surface area contributed by atoms with Crippen molar-refractivity contribution in [1.29, 1.82) is 0 Å². The molecule has 1 amide bonds. The van der Waals surface area contributed by atoms with Crippen LogP contribution < -0.4 is 10.1 Å². The fraction of sp³-hybridized carbons (Fsp3) is 0.176. The predicted octanol–water partition coefficient (Wildman–Crippen LogP) is 3.24. The van der Waals surface area contributed by atoms with Gasteiger partial charge in [-0.3, -0.25) is 9.59 Å². The molecule has 0 bridgehead atoms. The SMILES string of the molecule is CC(Oc1cccc(C=O)c1)C(=O)NCc1ccccc1Cl. The van der Waals surface area contributed by atoms with Crippen LogP contribution in [0.4, 0.5) is 0 Å². The molecule has 5 heteroatoms. The van der Waals surface area contributed by atoms with Gasteiger partial charge in [-0.15, -0.1) is 0 Å². The lowest BCUT2D eigenvalue weighted by molar-refractivity contribution is -0.127. The van der Waals surface area contributed by atoms with Crippen LogP contribution in [0.3, 0.4) is 0 Å². The highest BCUT2D eigenvalue weighted by molar-refractivity contribution is 6.31. The third-order valence-electron chi connectivity index (χ3n) is 3.09. The molecule has 1 atom stereocenters. The molecule has 2 aromatic carbocycles. The minimum absolute atomic E-state index is 0.253. The lowest BCUT2D eigenvalue weighted by Gasteiger charge is -2.15. The first-order chi connectivity index (χ1) is 10.6. The summed E-state index contributed by atoms with van der Waals surface area (Å²) in [4.78, 5) is 22.8. The monoisotopic (exact) mass is 317 g/mol. The Kier molecular flexibility index (Phi) is 5.55. The van der Waals surface area contributed by atoms with E-state index in [1.807, 2.05) is 18.2 Å². The molecule has 0 aliphatic rings. The molecule has 2 aromatic rings. The number of hydrogen-bond donors (Lipinski definition) is 1. The fourth-order valence-electron chi connectivity index (χ4n) is 1.89. The van der Waals surface area contributed by atoms with Gasteiger partial charge in [0.25, 0.3) is 5.91 Å². The number of amides is 1. The molecule has 0 heterocycles. The van der Waals surface area contributed by atoms with Gasteiger partial charge in [-0.05, 0) is 30.7 Å². The molecule has 0 spiro atoms. The van der Waals surface area contributed by atoms with Crippen molar-refractivity contribution in [3.05, 3.63) is 64.7 Å². The van der Waals surface area contributed by atoms with E-state index in [9.17, 15) is 9.59 Å². The number of rotatable bonds is 6. The Bertz CT molecular complexity index is 672. The van der Waals surface area contributed by atoms with Gasteiger partial charge in [-0.2, -0.15) is 0 Å². The zero-order valence-corrected chi connectivity index (χ0v) is 12.8. The number of aldehydes is 1. The molecule has 22 heavy (non-hydrogen) atoms. The molecule has 0 saturated heterocycles. The van der Waals surface area contributed by atoms with Crippen LogP contribution in [0.25, 0.3) is 0 Å². The van der Waals surface area contributed by atoms with Gasteiger partial charge < -0.3 is 10.1 Å². The Hall–Kier alpha value is -2.33. The lowest BCUT2D eigenvalue weighted by Crippen LogP contribution is -2.35. The van der Waals surface area contributed by atoms with E-state index in [-0.39, 0.29) is 5.91 Å². The number of halogens is 1. The van der Waals surface area contributed by atoms with E-state index < -0.39 is 6.10 Å². The number of nitrogens with one attached hydrogen (secondary N) is 1. The van der Waals surface area contributed by atoms with E-state index in [2.05, 4.69) is 5.32 Å². The molecular weight excluding hydrogens is 302 g/mol. The molecule has 0 aromatic heterocycles. The fourth-order valence-corrected chi connectivity index (χ4v) is 2.09. The van der Waals surface area contributed by atoms with Crippen LogP contribution in [-0.4, -0.2) is 18.3 Å². The maximum Gasteiger partial charge on any atom is 0.261 e. The van der Waals surface area contributed by atoms with Gasteiger partial charge in [0.15, 0.2) is 6.10 Å². The molecule has 0 aliphatic heterocycles. The summed E-state index contributed by atoms with van der Waals surface area (Å²) in [7, 11) is 0. The van der Waals surface area contributed by atoms with Crippen molar-refractivity contribution in [1.82, 2.24) is 5.32 Å². The van der Waals surface area contributed by atoms with Crippen molar-refractivity contribution >= 4 is 23.8 Å². The van der Waals surface area contributed by atoms with Crippen LogP contribution in [0.2, 0.25) is 5.02 Å². The van der Waals surface area contributed by atoms with Crippen molar-refractivity contribution in [2.24, 2.45) is 0 Å². The Labute approximate surface area is 134 Å². The Morgan fingerprint density at radius 1 is 1.27 bits per heavy atom. The number of carbonyl (C=O) groups excluding carboxylic acids is 2. The van der Waals surface area contributed by atoms with E-state index in [0.717, 1.165) is 11.8 Å². The van der Waals surface area contributed by atoms with Gasteiger partial charge in [-0.1, -0.05) is 41.9 Å². The maximum atomic E-state index is 12.0. The van der Waals surface area contributed by atoms with Crippen molar-refractivity contribution in [2.45, 2.75) is 19.6 Å². The maximum absolute atomic E-state index is 12.0. The summed E-state index contributed by atoms with van der Waals surface area (Å²) >= 11 is 6.03. The zero-order valence-electron chi connectivity index (χ0n) is 12.1. The smallest absolute Gasteiger partial charge is 0.261 e. The molecule has 2 rings (SSSR count). The van der Waals surface area contributed by atoms with Gasteiger partial charge >= 0.3 is 0 Å². The number of hydrogen-bond acceptors (Lipinski definition) is 3. The summed E-state index contributed by atoms with van der Waals surface area (Å²) in [5.74, 6) is 0.224. The van der Waals surface area contributed by atoms with Gasteiger partial charge in [0.05, 0.1) is 0 Å². The number of ether oxygens (including phenoxy) is 1. The third-order valence-corrected chi connectivity index (χ3v) is 3.46. The van der Waals surface area contributed by atoms with Crippen molar-refractivity contribution < 1.29 is 14.3 Å². The highest BCUT2D eigenvalue weighted by Crippen LogP contribution is 2.15. The molecule has 0 radical (unpaired) electrons. The first-order valence-corrected chi connectivity index (χ1v) is 7.21. The molecule has 0 aliphatic carbocycles. The lowest BCUT2D eigenvalue weighted by atomic mass is 10.2. The standard InChI is InChI=1S/C17H16ClNO3/c1-12(22-15-7-4-5-13(9-15)11-20)17(21)19-10-14-6-2-3-8-16(14)18/h2-9,11-12H,10H2,1H3,(H,19,21). The predicted molar refractivity (Wildman–Crippen MR) is 85.2 cm³/mol.